The highest BCUT2D eigenvalue weighted by Gasteiger charge is 2.30. The second-order valence-electron chi connectivity index (χ2n) is 4.27. The number of nitrogens with one attached hydrogen (secondary N) is 1. The predicted octanol–water partition coefficient (Wildman–Crippen LogP) is 2.99. The van der Waals surface area contributed by atoms with E-state index in [9.17, 15) is 9.59 Å². The molecule has 1 aliphatic heterocycles. The van der Waals surface area contributed by atoms with E-state index in [0.29, 0.717) is 9.37 Å². The molecule has 1 aromatic rings. The Labute approximate surface area is 129 Å². The topological polar surface area (TPSA) is 68.3 Å². The third-order valence-corrected chi connectivity index (χ3v) is 5.66. The van der Waals surface area contributed by atoms with Crippen LogP contribution in [0.15, 0.2) is 15.2 Å². The zero-order valence-electron chi connectivity index (χ0n) is 11.3. The standard InChI is InChI=1S/C12H14N2O3S3/c1-6(2)17-10(16)8(11-19-5-20-11)9(15)14-12-13-7(3)4-18-12/h4,6H,5H2,1-3H3,(H,13,14,15). The van der Waals surface area contributed by atoms with E-state index in [0.717, 1.165) is 10.8 Å². The van der Waals surface area contributed by atoms with Crippen molar-refractivity contribution in [3.8, 4) is 0 Å². The molecule has 0 bridgehead atoms. The molecule has 1 saturated heterocycles. The van der Waals surface area contributed by atoms with Crippen LogP contribution >= 0.6 is 34.9 Å². The van der Waals surface area contributed by atoms with Crippen molar-refractivity contribution in [1.82, 2.24) is 4.98 Å². The van der Waals surface area contributed by atoms with Gasteiger partial charge in [-0.1, -0.05) is 0 Å². The number of thioether (sulfide) groups is 2. The minimum atomic E-state index is -0.583. The number of thiazole rings is 1. The maximum absolute atomic E-state index is 12.2. The van der Waals surface area contributed by atoms with Crippen molar-refractivity contribution < 1.29 is 14.3 Å². The molecule has 0 aliphatic carbocycles. The lowest BCUT2D eigenvalue weighted by atomic mass is 10.3. The van der Waals surface area contributed by atoms with Gasteiger partial charge in [-0.05, 0) is 20.8 Å². The Morgan fingerprint density at radius 1 is 1.40 bits per heavy atom. The van der Waals surface area contributed by atoms with Gasteiger partial charge in [-0.25, -0.2) is 9.78 Å². The molecule has 2 rings (SSSR count). The van der Waals surface area contributed by atoms with E-state index >= 15 is 0 Å². The fraction of sp³-hybridized carbons (Fsp3) is 0.417. The first-order chi connectivity index (χ1) is 9.47. The van der Waals surface area contributed by atoms with Crippen molar-refractivity contribution in [2.24, 2.45) is 0 Å². The van der Waals surface area contributed by atoms with E-state index in [4.69, 9.17) is 4.74 Å². The molecular formula is C12H14N2O3S3. The molecule has 5 nitrogen and oxygen atoms in total. The molecular weight excluding hydrogens is 316 g/mol. The van der Waals surface area contributed by atoms with Gasteiger partial charge in [-0.15, -0.1) is 34.9 Å². The van der Waals surface area contributed by atoms with E-state index in [2.05, 4.69) is 10.3 Å². The molecule has 1 N–H and O–H groups in total. The van der Waals surface area contributed by atoms with E-state index in [1.807, 2.05) is 12.3 Å². The highest BCUT2D eigenvalue weighted by Crippen LogP contribution is 2.45. The van der Waals surface area contributed by atoms with Gasteiger partial charge in [0.15, 0.2) is 5.13 Å². The minimum absolute atomic E-state index is 0.0767. The lowest BCUT2D eigenvalue weighted by Gasteiger charge is -2.19. The molecule has 0 radical (unpaired) electrons. The maximum Gasteiger partial charge on any atom is 0.345 e. The summed E-state index contributed by atoms with van der Waals surface area (Å²) in [6, 6.07) is 0. The smallest absolute Gasteiger partial charge is 0.345 e. The summed E-state index contributed by atoms with van der Waals surface area (Å²) in [7, 11) is 0. The monoisotopic (exact) mass is 330 g/mol. The largest absolute Gasteiger partial charge is 0.459 e. The second kappa shape index (κ2) is 6.64. The number of amides is 1. The first-order valence-corrected chi connectivity index (χ1v) is 8.76. The van der Waals surface area contributed by atoms with Crippen molar-refractivity contribution in [1.29, 1.82) is 0 Å². The van der Waals surface area contributed by atoms with Gasteiger partial charge < -0.3 is 4.74 Å². The highest BCUT2D eigenvalue weighted by molar-refractivity contribution is 8.37. The lowest BCUT2D eigenvalue weighted by Crippen LogP contribution is -2.26. The predicted molar refractivity (Wildman–Crippen MR) is 83.8 cm³/mol. The summed E-state index contributed by atoms with van der Waals surface area (Å²) in [6.07, 6.45) is -0.261. The van der Waals surface area contributed by atoms with Crippen LogP contribution in [0.1, 0.15) is 19.5 Å². The quantitative estimate of drug-likeness (QED) is 0.396. The van der Waals surface area contributed by atoms with Crippen molar-refractivity contribution in [3.63, 3.8) is 0 Å². The number of esters is 1. The molecule has 0 unspecified atom stereocenters. The summed E-state index contributed by atoms with van der Waals surface area (Å²) in [5.41, 5.74) is 0.907. The average Bonchev–Trinajstić information content (AvgIpc) is 2.67. The lowest BCUT2D eigenvalue weighted by molar-refractivity contribution is -0.143. The Morgan fingerprint density at radius 2 is 2.10 bits per heavy atom. The summed E-state index contributed by atoms with van der Waals surface area (Å²) in [6.45, 7) is 5.35. The molecule has 8 heteroatoms. The molecule has 1 aliphatic rings. The summed E-state index contributed by atoms with van der Waals surface area (Å²) in [5, 5.41) is 5.81. The highest BCUT2D eigenvalue weighted by atomic mass is 32.3. The van der Waals surface area contributed by atoms with Crippen LogP contribution in [0.5, 0.6) is 0 Å². The summed E-state index contributed by atoms with van der Waals surface area (Å²) >= 11 is 4.28. The average molecular weight is 330 g/mol. The van der Waals surface area contributed by atoms with E-state index in [1.165, 1.54) is 34.9 Å². The van der Waals surface area contributed by atoms with Crippen molar-refractivity contribution >= 4 is 51.9 Å². The Bertz CT molecular complexity index is 560. The molecule has 1 aromatic heterocycles. The Balaban J connectivity index is 2.15. The van der Waals surface area contributed by atoms with Gasteiger partial charge in [-0.3, -0.25) is 10.1 Å². The van der Waals surface area contributed by atoms with Crippen LogP contribution < -0.4 is 5.32 Å². The molecule has 2 heterocycles. The zero-order chi connectivity index (χ0) is 14.7. The molecule has 0 atom stereocenters. The summed E-state index contributed by atoms with van der Waals surface area (Å²) in [4.78, 5) is 28.4. The van der Waals surface area contributed by atoms with Gasteiger partial charge in [0.25, 0.3) is 5.91 Å². The second-order valence-corrected chi connectivity index (χ2v) is 7.72. The normalized spacial score (nSPS) is 13.9. The molecule has 0 saturated carbocycles. The SMILES string of the molecule is Cc1csc(NC(=O)C(C(=O)OC(C)C)=C2SCS2)n1. The van der Waals surface area contributed by atoms with Crippen LogP contribution in [0.3, 0.4) is 0 Å². The number of carbonyl (C=O) groups excluding carboxylic acids is 2. The van der Waals surface area contributed by atoms with Gasteiger partial charge in [0, 0.05) is 10.5 Å². The van der Waals surface area contributed by atoms with Crippen LogP contribution in [-0.4, -0.2) is 28.0 Å². The third-order valence-electron chi connectivity index (χ3n) is 2.20. The minimum Gasteiger partial charge on any atom is -0.459 e. The first kappa shape index (κ1) is 15.4. The fourth-order valence-corrected chi connectivity index (χ4v) is 3.64. The Morgan fingerprint density at radius 3 is 2.55 bits per heavy atom. The number of hydrogen-bond donors (Lipinski definition) is 1. The van der Waals surface area contributed by atoms with Gasteiger partial charge in [0.05, 0.1) is 16.0 Å². The number of aromatic nitrogens is 1. The molecule has 20 heavy (non-hydrogen) atoms. The number of ether oxygens (including phenoxy) is 1. The van der Waals surface area contributed by atoms with E-state index < -0.39 is 11.9 Å². The Kier molecular flexibility index (Phi) is 5.11. The van der Waals surface area contributed by atoms with Crippen molar-refractivity contribution in [3.05, 3.63) is 20.9 Å². The van der Waals surface area contributed by atoms with Crippen LogP contribution in [0.2, 0.25) is 0 Å². The van der Waals surface area contributed by atoms with Gasteiger partial charge >= 0.3 is 5.97 Å². The molecule has 1 amide bonds. The van der Waals surface area contributed by atoms with Crippen molar-refractivity contribution in [2.75, 3.05) is 10.4 Å². The number of hydrogen-bond acceptors (Lipinski definition) is 7. The number of rotatable bonds is 4. The fourth-order valence-electron chi connectivity index (χ4n) is 1.37. The summed E-state index contributed by atoms with van der Waals surface area (Å²) < 4.78 is 5.84. The molecule has 108 valence electrons. The summed E-state index contributed by atoms with van der Waals surface area (Å²) in [5.74, 6) is -1.04. The van der Waals surface area contributed by atoms with Crippen LogP contribution in [0, 0.1) is 6.92 Å². The van der Waals surface area contributed by atoms with Crippen LogP contribution in [-0.2, 0) is 14.3 Å². The number of carbonyl (C=O) groups is 2. The first-order valence-electron chi connectivity index (χ1n) is 5.91. The van der Waals surface area contributed by atoms with Gasteiger partial charge in [-0.2, -0.15) is 0 Å². The van der Waals surface area contributed by atoms with E-state index in [1.54, 1.807) is 13.8 Å². The molecule has 0 aromatic carbocycles. The zero-order valence-corrected chi connectivity index (χ0v) is 13.7. The third kappa shape index (κ3) is 3.77. The molecule has 0 spiro atoms. The number of aryl methyl sites for hydroxylation is 1. The van der Waals surface area contributed by atoms with Crippen LogP contribution in [0.25, 0.3) is 0 Å². The van der Waals surface area contributed by atoms with Gasteiger partial charge in [0.2, 0.25) is 0 Å². The van der Waals surface area contributed by atoms with E-state index in [-0.39, 0.29) is 11.7 Å². The molecule has 1 fully saturated rings. The Hall–Kier alpha value is -0.990. The van der Waals surface area contributed by atoms with Crippen molar-refractivity contribution in [2.45, 2.75) is 26.9 Å². The number of nitrogens with zero attached hydrogens (tertiary/aromatic N) is 1. The maximum atomic E-state index is 12.2. The van der Waals surface area contributed by atoms with Gasteiger partial charge in [0.1, 0.15) is 5.57 Å². The number of anilines is 1. The van der Waals surface area contributed by atoms with Crippen LogP contribution in [0.4, 0.5) is 5.13 Å².